The van der Waals surface area contributed by atoms with E-state index in [1.54, 1.807) is 6.07 Å². The van der Waals surface area contributed by atoms with Gasteiger partial charge in [-0.15, -0.1) is 5.26 Å². The van der Waals surface area contributed by atoms with Gasteiger partial charge in [0.15, 0.2) is 11.6 Å². The first kappa shape index (κ1) is 23.9. The zero-order valence-corrected chi connectivity index (χ0v) is 19.6. The van der Waals surface area contributed by atoms with Crippen molar-refractivity contribution in [3.8, 4) is 12.0 Å². The number of nitrogen functional groups attached to an aromatic ring is 1. The lowest BCUT2D eigenvalue weighted by molar-refractivity contribution is -0.147. The summed E-state index contributed by atoms with van der Waals surface area (Å²) in [5, 5.41) is 18.5. The number of rotatable bonds is 8. The molecule has 0 amide bonds. The molecule has 2 aromatic rings. The lowest BCUT2D eigenvalue weighted by atomic mass is 9.64. The van der Waals surface area contributed by atoms with E-state index in [0.717, 1.165) is 48.9 Å². The monoisotopic (exact) mass is 465 g/mol. The van der Waals surface area contributed by atoms with Crippen LogP contribution in [0.3, 0.4) is 0 Å². The fraction of sp³-hybridized carbons (Fsp3) is 0.481. The van der Waals surface area contributed by atoms with Crippen molar-refractivity contribution >= 4 is 17.3 Å². The molecule has 7 heteroatoms. The third-order valence-electron chi connectivity index (χ3n) is 7.67. The van der Waals surface area contributed by atoms with Crippen LogP contribution in [0.25, 0.3) is 0 Å². The topological polar surface area (TPSA) is 99.6 Å². The predicted octanol–water partition coefficient (Wildman–Crippen LogP) is 5.72. The number of aliphatic carboxylic acids is 1. The van der Waals surface area contributed by atoms with Crippen LogP contribution >= 0.6 is 0 Å². The fourth-order valence-corrected chi connectivity index (χ4v) is 5.46. The van der Waals surface area contributed by atoms with Gasteiger partial charge in [0.1, 0.15) is 0 Å². The molecule has 0 heterocycles. The van der Waals surface area contributed by atoms with Crippen molar-refractivity contribution in [2.24, 2.45) is 0 Å². The van der Waals surface area contributed by atoms with Gasteiger partial charge in [0.05, 0.1) is 16.8 Å². The molecule has 2 fully saturated rings. The van der Waals surface area contributed by atoms with Crippen LogP contribution in [0, 0.1) is 17.3 Å². The number of benzene rings is 2. The maximum Gasteiger partial charge on any atom is 0.314 e. The van der Waals surface area contributed by atoms with Gasteiger partial charge in [-0.1, -0.05) is 44.7 Å². The molecule has 34 heavy (non-hydrogen) atoms. The van der Waals surface area contributed by atoms with Crippen LogP contribution < -0.4 is 15.4 Å². The third kappa shape index (κ3) is 4.54. The Hall–Kier alpha value is -3.27. The fourth-order valence-electron chi connectivity index (χ4n) is 5.46. The van der Waals surface area contributed by atoms with Gasteiger partial charge in [-0.25, -0.2) is 4.39 Å². The average Bonchev–Trinajstić information content (AvgIpc) is 2.79. The van der Waals surface area contributed by atoms with Gasteiger partial charge in [0, 0.05) is 12.6 Å². The molecule has 0 saturated heterocycles. The number of hydrogen-bond donors (Lipinski definition) is 2. The molecule has 2 aliphatic carbocycles. The first-order chi connectivity index (χ1) is 16.4. The normalized spacial score (nSPS) is 18.4. The largest absolute Gasteiger partial charge is 0.481 e. The second-order valence-electron chi connectivity index (χ2n) is 9.74. The Labute approximate surface area is 200 Å². The molecular weight excluding hydrogens is 433 g/mol. The summed E-state index contributed by atoms with van der Waals surface area (Å²) >= 11 is 0. The molecule has 4 rings (SSSR count). The number of anilines is 2. The summed E-state index contributed by atoms with van der Waals surface area (Å²) in [6.07, 6.45) is 9.37. The maximum absolute atomic E-state index is 14.4. The van der Waals surface area contributed by atoms with E-state index in [1.165, 1.54) is 24.8 Å². The lowest BCUT2D eigenvalue weighted by Crippen LogP contribution is -2.43. The molecular formula is C27H32FN3O3. The van der Waals surface area contributed by atoms with Crippen molar-refractivity contribution in [3.63, 3.8) is 0 Å². The number of carboxylic acid groups (broad SMARTS) is 1. The SMILES string of the molecule is CC(CN(c1ccc(C2(C(=O)O)CCC2)cc1N)C1CCCCC1)c1ccc(OC#N)c(F)c1. The quantitative estimate of drug-likeness (QED) is 0.382. The second-order valence-corrected chi connectivity index (χ2v) is 9.74. The Morgan fingerprint density at radius 2 is 1.97 bits per heavy atom. The zero-order chi connectivity index (χ0) is 24.3. The van der Waals surface area contributed by atoms with E-state index in [4.69, 9.17) is 11.0 Å². The number of ether oxygens (including phenoxy) is 1. The first-order valence-electron chi connectivity index (χ1n) is 12.1. The van der Waals surface area contributed by atoms with E-state index in [-0.39, 0.29) is 11.7 Å². The van der Waals surface area contributed by atoms with Gasteiger partial charge >= 0.3 is 5.97 Å². The molecule has 180 valence electrons. The molecule has 2 aliphatic rings. The summed E-state index contributed by atoms with van der Waals surface area (Å²) in [5.74, 6) is -1.41. The highest BCUT2D eigenvalue weighted by Crippen LogP contribution is 2.46. The summed E-state index contributed by atoms with van der Waals surface area (Å²) in [4.78, 5) is 14.3. The summed E-state index contributed by atoms with van der Waals surface area (Å²) in [6, 6.07) is 10.8. The van der Waals surface area contributed by atoms with Crippen molar-refractivity contribution in [2.45, 2.75) is 75.7 Å². The third-order valence-corrected chi connectivity index (χ3v) is 7.67. The van der Waals surface area contributed by atoms with Crippen molar-refractivity contribution < 1.29 is 19.0 Å². The number of halogens is 1. The Morgan fingerprint density at radius 1 is 1.24 bits per heavy atom. The molecule has 0 bridgehead atoms. The van der Waals surface area contributed by atoms with Gasteiger partial charge < -0.3 is 20.5 Å². The van der Waals surface area contributed by atoms with Crippen LogP contribution in [-0.4, -0.2) is 23.7 Å². The molecule has 0 aliphatic heterocycles. The summed E-state index contributed by atoms with van der Waals surface area (Å²) in [5.41, 5.74) is 8.83. The van der Waals surface area contributed by atoms with Crippen molar-refractivity contribution in [1.29, 1.82) is 5.26 Å². The first-order valence-corrected chi connectivity index (χ1v) is 12.1. The highest BCUT2D eigenvalue weighted by atomic mass is 19.1. The Kier molecular flexibility index (Phi) is 6.97. The van der Waals surface area contributed by atoms with Crippen molar-refractivity contribution in [3.05, 3.63) is 53.3 Å². The molecule has 2 saturated carbocycles. The second kappa shape index (κ2) is 9.92. The lowest BCUT2D eigenvalue weighted by Gasteiger charge is -2.40. The van der Waals surface area contributed by atoms with Gasteiger partial charge in [0.25, 0.3) is 6.26 Å². The molecule has 1 unspecified atom stereocenters. The van der Waals surface area contributed by atoms with Crippen LogP contribution in [-0.2, 0) is 10.2 Å². The number of nitrogens with two attached hydrogens (primary N) is 1. The van der Waals surface area contributed by atoms with Gasteiger partial charge in [-0.05, 0) is 67.0 Å². The highest BCUT2D eigenvalue weighted by Gasteiger charge is 2.46. The minimum absolute atomic E-state index is 0.00336. The Morgan fingerprint density at radius 3 is 2.53 bits per heavy atom. The van der Waals surface area contributed by atoms with E-state index < -0.39 is 17.2 Å². The van der Waals surface area contributed by atoms with Crippen LogP contribution in [0.15, 0.2) is 36.4 Å². The van der Waals surface area contributed by atoms with Crippen LogP contribution in [0.5, 0.6) is 5.75 Å². The summed E-state index contributed by atoms with van der Waals surface area (Å²) in [6.45, 7) is 2.70. The minimum atomic E-state index is -0.819. The molecule has 1 atom stereocenters. The van der Waals surface area contributed by atoms with Crippen LogP contribution in [0.2, 0.25) is 0 Å². The molecule has 3 N–H and O–H groups in total. The van der Waals surface area contributed by atoms with Gasteiger partial charge in [0.2, 0.25) is 0 Å². The zero-order valence-electron chi connectivity index (χ0n) is 19.6. The van der Waals surface area contributed by atoms with E-state index >= 15 is 0 Å². The average molecular weight is 466 g/mol. The minimum Gasteiger partial charge on any atom is -0.481 e. The number of nitrogens with zero attached hydrogens (tertiary/aromatic N) is 2. The number of carboxylic acids is 1. The number of carbonyl (C=O) groups is 1. The standard InChI is InChI=1S/C27H32FN3O3/c1-18(19-8-11-25(34-17-29)22(28)14-19)16-31(21-6-3-2-4-7-21)24-10-9-20(15-23(24)30)27(26(32)33)12-5-13-27/h8-11,14-15,18,21H,2-7,12-13,16,30H2,1H3,(H,32,33). The van der Waals surface area contributed by atoms with Gasteiger partial charge in [-0.3, -0.25) is 4.79 Å². The number of nitriles is 1. The van der Waals surface area contributed by atoms with E-state index in [2.05, 4.69) is 9.64 Å². The maximum atomic E-state index is 14.4. The molecule has 0 aromatic heterocycles. The van der Waals surface area contributed by atoms with E-state index in [9.17, 15) is 14.3 Å². The molecule has 2 aromatic carbocycles. The Balaban J connectivity index is 1.62. The smallest absolute Gasteiger partial charge is 0.314 e. The molecule has 0 spiro atoms. The van der Waals surface area contributed by atoms with Gasteiger partial charge in [-0.2, -0.15) is 0 Å². The summed E-state index contributed by atoms with van der Waals surface area (Å²) in [7, 11) is 0. The highest BCUT2D eigenvalue weighted by molar-refractivity contribution is 5.84. The van der Waals surface area contributed by atoms with Crippen LogP contribution in [0.1, 0.15) is 75.3 Å². The molecule has 6 nitrogen and oxygen atoms in total. The van der Waals surface area contributed by atoms with E-state index in [1.807, 2.05) is 25.1 Å². The van der Waals surface area contributed by atoms with Crippen molar-refractivity contribution in [1.82, 2.24) is 0 Å². The Bertz CT molecular complexity index is 1090. The predicted molar refractivity (Wildman–Crippen MR) is 129 cm³/mol. The van der Waals surface area contributed by atoms with Crippen LogP contribution in [0.4, 0.5) is 15.8 Å². The van der Waals surface area contributed by atoms with E-state index in [0.29, 0.717) is 31.1 Å². The van der Waals surface area contributed by atoms with Crippen molar-refractivity contribution in [2.75, 3.05) is 17.2 Å². The number of hydrogen-bond acceptors (Lipinski definition) is 5. The summed E-state index contributed by atoms with van der Waals surface area (Å²) < 4.78 is 19.0. The molecule has 0 radical (unpaired) electrons.